The van der Waals surface area contributed by atoms with E-state index in [1.165, 1.54) is 19.3 Å². The van der Waals surface area contributed by atoms with E-state index in [0.717, 1.165) is 6.54 Å². The van der Waals surface area contributed by atoms with E-state index in [2.05, 4.69) is 17.1 Å². The molecule has 0 spiro atoms. The average Bonchev–Trinajstić information content (AvgIpc) is 2.20. The van der Waals surface area contributed by atoms with Crippen molar-refractivity contribution in [3.63, 3.8) is 0 Å². The Kier molecular flexibility index (Phi) is 4.95. The molecule has 1 fully saturated rings. The Morgan fingerprint density at radius 3 is 2.65 bits per heavy atom. The number of hydrogen-bond acceptors (Lipinski definition) is 3. The number of carboxylic acids is 1. The summed E-state index contributed by atoms with van der Waals surface area (Å²) < 4.78 is 0. The van der Waals surface area contributed by atoms with Gasteiger partial charge in [0, 0.05) is 18.6 Å². The van der Waals surface area contributed by atoms with Crippen molar-refractivity contribution in [3.05, 3.63) is 0 Å². The van der Waals surface area contributed by atoms with Crippen molar-refractivity contribution < 1.29 is 9.90 Å². The van der Waals surface area contributed by atoms with Crippen LogP contribution < -0.4 is 5.32 Å². The first kappa shape index (κ1) is 14.5. The quantitative estimate of drug-likeness (QED) is 0.770. The molecule has 0 radical (unpaired) electrons. The van der Waals surface area contributed by atoms with Gasteiger partial charge in [-0.25, -0.2) is 0 Å². The highest BCUT2D eigenvalue weighted by atomic mass is 16.4. The Morgan fingerprint density at radius 1 is 1.53 bits per heavy atom. The average molecular weight is 242 g/mol. The van der Waals surface area contributed by atoms with Crippen LogP contribution in [0.3, 0.4) is 0 Å². The number of hydrogen-bond donors (Lipinski definition) is 2. The Bertz CT molecular complexity index is 268. The third-order valence-electron chi connectivity index (χ3n) is 3.54. The lowest BCUT2D eigenvalue weighted by atomic mass is 9.96. The number of likely N-dealkylation sites (tertiary alicyclic amines) is 1. The molecule has 0 saturated carbocycles. The highest BCUT2D eigenvalue weighted by Gasteiger charge is 2.37. The van der Waals surface area contributed by atoms with Crippen molar-refractivity contribution in [2.45, 2.75) is 64.6 Å². The molecule has 100 valence electrons. The van der Waals surface area contributed by atoms with Gasteiger partial charge >= 0.3 is 5.97 Å². The van der Waals surface area contributed by atoms with Crippen molar-refractivity contribution in [2.75, 3.05) is 13.1 Å². The van der Waals surface area contributed by atoms with Crippen LogP contribution in [0.1, 0.15) is 47.0 Å². The summed E-state index contributed by atoms with van der Waals surface area (Å²) in [6.45, 7) is 9.56. The molecule has 1 aliphatic rings. The minimum Gasteiger partial charge on any atom is -0.480 e. The Balaban J connectivity index is 2.68. The fourth-order valence-corrected chi connectivity index (χ4v) is 2.61. The highest BCUT2D eigenvalue weighted by Crippen LogP contribution is 2.19. The number of nitrogens with zero attached hydrogens (tertiary/aromatic N) is 1. The lowest BCUT2D eigenvalue weighted by Gasteiger charge is -2.39. The van der Waals surface area contributed by atoms with E-state index in [1.807, 2.05) is 13.8 Å². The Hall–Kier alpha value is -0.610. The smallest absolute Gasteiger partial charge is 0.324 e. The minimum atomic E-state index is -0.847. The largest absolute Gasteiger partial charge is 0.480 e. The van der Waals surface area contributed by atoms with Crippen LogP contribution in [0.2, 0.25) is 0 Å². The number of rotatable bonds is 5. The van der Waals surface area contributed by atoms with Gasteiger partial charge in [0.05, 0.1) is 0 Å². The van der Waals surface area contributed by atoms with Crippen LogP contribution in [-0.2, 0) is 4.79 Å². The number of aliphatic carboxylic acids is 1. The van der Waals surface area contributed by atoms with Gasteiger partial charge in [-0.1, -0.05) is 6.42 Å². The van der Waals surface area contributed by atoms with Gasteiger partial charge in [0.1, 0.15) is 5.54 Å². The van der Waals surface area contributed by atoms with Crippen LogP contribution in [0, 0.1) is 0 Å². The van der Waals surface area contributed by atoms with Crippen LogP contribution in [-0.4, -0.2) is 46.7 Å². The molecule has 0 bridgehead atoms. The molecule has 17 heavy (non-hydrogen) atoms. The maximum atomic E-state index is 11.4. The van der Waals surface area contributed by atoms with E-state index in [9.17, 15) is 9.90 Å². The molecule has 1 rings (SSSR count). The second-order valence-corrected chi connectivity index (χ2v) is 5.75. The van der Waals surface area contributed by atoms with Crippen molar-refractivity contribution in [1.29, 1.82) is 0 Å². The molecule has 0 amide bonds. The number of nitrogens with one attached hydrogen (secondary N) is 1. The van der Waals surface area contributed by atoms with Crippen molar-refractivity contribution in [1.82, 2.24) is 10.2 Å². The summed E-state index contributed by atoms with van der Waals surface area (Å²) in [5.41, 5.74) is -0.847. The van der Waals surface area contributed by atoms with E-state index in [1.54, 1.807) is 6.92 Å². The van der Waals surface area contributed by atoms with Gasteiger partial charge in [-0.15, -0.1) is 0 Å². The van der Waals surface area contributed by atoms with E-state index in [4.69, 9.17) is 0 Å². The molecule has 2 unspecified atom stereocenters. The summed E-state index contributed by atoms with van der Waals surface area (Å²) in [4.78, 5) is 13.7. The van der Waals surface area contributed by atoms with E-state index < -0.39 is 11.5 Å². The molecule has 4 nitrogen and oxygen atoms in total. The lowest BCUT2D eigenvalue weighted by Crippen LogP contribution is -2.60. The number of carbonyl (C=O) groups is 1. The zero-order chi connectivity index (χ0) is 13.1. The summed E-state index contributed by atoms with van der Waals surface area (Å²) in [6.07, 6.45) is 3.62. The van der Waals surface area contributed by atoms with Gasteiger partial charge < -0.3 is 5.11 Å². The zero-order valence-corrected chi connectivity index (χ0v) is 11.5. The maximum absolute atomic E-state index is 11.4. The third kappa shape index (κ3) is 3.96. The predicted molar refractivity (Wildman–Crippen MR) is 69.2 cm³/mol. The van der Waals surface area contributed by atoms with E-state index in [0.29, 0.717) is 12.6 Å². The Labute approximate surface area is 104 Å². The molecule has 1 aliphatic heterocycles. The third-order valence-corrected chi connectivity index (χ3v) is 3.54. The first-order chi connectivity index (χ1) is 7.85. The first-order valence-electron chi connectivity index (χ1n) is 6.60. The standard InChI is InChI=1S/C13H26N2O2/c1-10(2)14-13(4,12(16)17)9-15-8-6-5-7-11(15)3/h10-11,14H,5-9H2,1-4H3,(H,16,17). The maximum Gasteiger partial charge on any atom is 0.324 e. The summed E-state index contributed by atoms with van der Waals surface area (Å²) in [6, 6.07) is 0.674. The van der Waals surface area contributed by atoms with Gasteiger partial charge in [-0.2, -0.15) is 0 Å². The molecule has 0 aromatic carbocycles. The summed E-state index contributed by atoms with van der Waals surface area (Å²) in [7, 11) is 0. The SMILES string of the molecule is CC(C)NC(C)(CN1CCCCC1C)C(=O)O. The Morgan fingerprint density at radius 2 is 2.18 bits per heavy atom. The van der Waals surface area contributed by atoms with E-state index >= 15 is 0 Å². The van der Waals surface area contributed by atoms with Gasteiger partial charge in [-0.05, 0) is 47.1 Å². The molecular weight excluding hydrogens is 216 g/mol. The lowest BCUT2D eigenvalue weighted by molar-refractivity contribution is -0.145. The topological polar surface area (TPSA) is 52.6 Å². The van der Waals surface area contributed by atoms with E-state index in [-0.39, 0.29) is 6.04 Å². The molecule has 0 aliphatic carbocycles. The fourth-order valence-electron chi connectivity index (χ4n) is 2.61. The van der Waals surface area contributed by atoms with Crippen molar-refractivity contribution in [3.8, 4) is 0 Å². The molecular formula is C13H26N2O2. The first-order valence-corrected chi connectivity index (χ1v) is 6.60. The monoisotopic (exact) mass is 242 g/mol. The fraction of sp³-hybridized carbons (Fsp3) is 0.923. The molecule has 1 saturated heterocycles. The summed E-state index contributed by atoms with van der Waals surface area (Å²) in [5, 5.41) is 12.6. The van der Waals surface area contributed by atoms with Crippen LogP contribution >= 0.6 is 0 Å². The molecule has 0 aromatic heterocycles. The van der Waals surface area contributed by atoms with Crippen LogP contribution in [0.4, 0.5) is 0 Å². The molecule has 2 atom stereocenters. The summed E-state index contributed by atoms with van der Waals surface area (Å²) in [5.74, 6) is -0.760. The second-order valence-electron chi connectivity index (χ2n) is 5.75. The number of carboxylic acid groups (broad SMARTS) is 1. The van der Waals surface area contributed by atoms with Crippen LogP contribution in [0.5, 0.6) is 0 Å². The normalized spacial score (nSPS) is 25.8. The van der Waals surface area contributed by atoms with Gasteiger partial charge in [0.2, 0.25) is 0 Å². The molecule has 4 heteroatoms. The van der Waals surface area contributed by atoms with Gasteiger partial charge in [0.25, 0.3) is 0 Å². The van der Waals surface area contributed by atoms with Gasteiger partial charge in [-0.3, -0.25) is 15.0 Å². The summed E-state index contributed by atoms with van der Waals surface area (Å²) >= 11 is 0. The van der Waals surface area contributed by atoms with Crippen LogP contribution in [0.25, 0.3) is 0 Å². The minimum absolute atomic E-state index is 0.177. The highest BCUT2D eigenvalue weighted by molar-refractivity contribution is 5.78. The van der Waals surface area contributed by atoms with Crippen molar-refractivity contribution >= 4 is 5.97 Å². The zero-order valence-electron chi connectivity index (χ0n) is 11.5. The van der Waals surface area contributed by atoms with Crippen LogP contribution in [0.15, 0.2) is 0 Å². The van der Waals surface area contributed by atoms with Gasteiger partial charge in [0.15, 0.2) is 0 Å². The molecule has 1 heterocycles. The van der Waals surface area contributed by atoms with Crippen molar-refractivity contribution in [2.24, 2.45) is 0 Å². The number of piperidine rings is 1. The molecule has 0 aromatic rings. The predicted octanol–water partition coefficient (Wildman–Crippen LogP) is 1.70. The molecule has 2 N–H and O–H groups in total. The second kappa shape index (κ2) is 5.83.